The van der Waals surface area contributed by atoms with E-state index in [1.54, 1.807) is 18.2 Å². The average molecular weight is 473 g/mol. The molecular formula is C27H36O5S. The first kappa shape index (κ1) is 24.3. The number of carbonyl (C=O) groups is 2. The van der Waals surface area contributed by atoms with Gasteiger partial charge >= 0.3 is 5.97 Å². The second-order valence-electron chi connectivity index (χ2n) is 10.7. The fourth-order valence-electron chi connectivity index (χ4n) is 7.02. The maximum atomic E-state index is 13.2. The van der Waals surface area contributed by atoms with Crippen molar-refractivity contribution in [3.05, 3.63) is 36.9 Å². The Kier molecular flexibility index (Phi) is 6.71. The van der Waals surface area contributed by atoms with Gasteiger partial charge in [-0.3, -0.25) is 9.59 Å². The third-order valence-electron chi connectivity index (χ3n) is 8.96. The first-order valence-electron chi connectivity index (χ1n) is 12.1. The Bertz CT molecular complexity index is 931. The lowest BCUT2D eigenvalue weighted by atomic mass is 9.49. The number of rotatable bonds is 5. The highest BCUT2D eigenvalue weighted by Crippen LogP contribution is 2.63. The lowest BCUT2D eigenvalue weighted by Gasteiger charge is -2.57. The van der Waals surface area contributed by atoms with Crippen molar-refractivity contribution in [1.82, 2.24) is 0 Å². The van der Waals surface area contributed by atoms with E-state index in [1.165, 1.54) is 11.8 Å². The summed E-state index contributed by atoms with van der Waals surface area (Å²) >= 11 is 1.32. The number of ether oxygens (including phenoxy) is 1. The maximum absolute atomic E-state index is 13.2. The molecule has 4 unspecified atom stereocenters. The molecule has 180 valence electrons. The second-order valence-corrected chi connectivity index (χ2v) is 11.8. The zero-order valence-electron chi connectivity index (χ0n) is 19.8. The van der Waals surface area contributed by atoms with Gasteiger partial charge in [0.25, 0.3) is 0 Å². The number of thioether (sulfide) groups is 1. The van der Waals surface area contributed by atoms with E-state index in [9.17, 15) is 19.8 Å². The van der Waals surface area contributed by atoms with Crippen molar-refractivity contribution < 1.29 is 24.5 Å². The first-order valence-corrected chi connectivity index (χ1v) is 13.1. The molecule has 0 saturated heterocycles. The Balaban J connectivity index is 1.63. The molecule has 3 aliphatic rings. The lowest BCUT2D eigenvalue weighted by molar-refractivity contribution is -0.179. The Morgan fingerprint density at radius 3 is 2.79 bits per heavy atom. The number of benzene rings is 1. The molecule has 3 saturated carbocycles. The molecule has 0 amide bonds. The SMILES string of the molecule is C=C[C@]1(C)C[C@@H](OC(=O)CSc2cccc(O)c2)C2C(C)CCC3(CCC(=O)C23)[C@@H](C)[C@@H]1O. The zero-order valence-corrected chi connectivity index (χ0v) is 20.6. The average Bonchev–Trinajstić information content (AvgIpc) is 3.13. The number of Topliss-reactive ketones (excluding diaryl/α,β-unsaturated/α-hetero) is 1. The number of hydrogen-bond donors (Lipinski definition) is 2. The number of phenolic OH excluding ortho intramolecular Hbond substituents is 1. The number of phenols is 1. The van der Waals surface area contributed by atoms with Gasteiger partial charge in [-0.1, -0.05) is 32.9 Å². The van der Waals surface area contributed by atoms with Gasteiger partial charge in [0.2, 0.25) is 0 Å². The molecule has 0 radical (unpaired) electrons. The van der Waals surface area contributed by atoms with Gasteiger partial charge in [0.05, 0.1) is 11.9 Å². The van der Waals surface area contributed by atoms with Crippen LogP contribution >= 0.6 is 11.8 Å². The van der Waals surface area contributed by atoms with Crippen molar-refractivity contribution in [1.29, 1.82) is 0 Å². The summed E-state index contributed by atoms with van der Waals surface area (Å²) in [5.41, 5.74) is -0.846. The predicted molar refractivity (Wildman–Crippen MR) is 129 cm³/mol. The molecule has 2 N–H and O–H groups in total. The minimum absolute atomic E-state index is 0.0232. The van der Waals surface area contributed by atoms with Gasteiger partial charge in [-0.15, -0.1) is 18.3 Å². The summed E-state index contributed by atoms with van der Waals surface area (Å²) in [6.07, 6.45) is 4.42. The third-order valence-corrected chi connectivity index (χ3v) is 9.93. The van der Waals surface area contributed by atoms with Crippen LogP contribution in [-0.4, -0.2) is 39.9 Å². The predicted octanol–water partition coefficient (Wildman–Crippen LogP) is 5.00. The van der Waals surface area contributed by atoms with E-state index in [1.807, 2.05) is 19.1 Å². The standard InChI is InChI=1S/C27H36O5S/c1-5-26(4)14-21(32-22(30)15-33-19-8-6-7-18(28)13-19)23-16(2)9-11-27(17(3)25(26)31)12-10-20(29)24(23)27/h5-8,13,16-17,21,23-25,28,31H,1,9-12,14-15H2,2-4H3/t16?,17-,21+,23?,24?,25-,26+,27?/m0/s1. The molecule has 1 aromatic carbocycles. The van der Waals surface area contributed by atoms with Crippen LogP contribution in [0.25, 0.3) is 0 Å². The Labute approximate surface area is 201 Å². The lowest BCUT2D eigenvalue weighted by Crippen LogP contribution is -2.58. The smallest absolute Gasteiger partial charge is 0.316 e. The number of aliphatic hydroxyl groups excluding tert-OH is 1. The monoisotopic (exact) mass is 472 g/mol. The van der Waals surface area contributed by atoms with Crippen molar-refractivity contribution >= 4 is 23.5 Å². The van der Waals surface area contributed by atoms with Crippen LogP contribution in [-0.2, 0) is 14.3 Å². The van der Waals surface area contributed by atoms with Crippen LogP contribution in [0.4, 0.5) is 0 Å². The normalized spacial score (nSPS) is 40.4. The molecule has 3 aliphatic carbocycles. The Morgan fingerprint density at radius 2 is 2.09 bits per heavy atom. The second kappa shape index (κ2) is 9.10. The van der Waals surface area contributed by atoms with Crippen LogP contribution in [0.3, 0.4) is 0 Å². The molecule has 1 aromatic rings. The molecule has 3 fully saturated rings. The molecule has 6 heteroatoms. The van der Waals surface area contributed by atoms with Crippen LogP contribution in [0, 0.1) is 34.5 Å². The van der Waals surface area contributed by atoms with E-state index in [0.717, 1.165) is 24.2 Å². The van der Waals surface area contributed by atoms with Crippen LogP contribution in [0.2, 0.25) is 0 Å². The highest BCUT2D eigenvalue weighted by molar-refractivity contribution is 8.00. The molecule has 33 heavy (non-hydrogen) atoms. The van der Waals surface area contributed by atoms with E-state index in [4.69, 9.17) is 4.74 Å². The van der Waals surface area contributed by atoms with E-state index in [-0.39, 0.29) is 52.3 Å². The molecule has 0 spiro atoms. The molecule has 2 bridgehead atoms. The molecule has 0 aliphatic heterocycles. The molecule has 8 atom stereocenters. The highest BCUT2D eigenvalue weighted by Gasteiger charge is 2.63. The van der Waals surface area contributed by atoms with Crippen LogP contribution < -0.4 is 0 Å². The summed E-state index contributed by atoms with van der Waals surface area (Å²) in [5, 5.41) is 21.2. The van der Waals surface area contributed by atoms with Crippen molar-refractivity contribution in [2.75, 3.05) is 5.75 Å². The van der Waals surface area contributed by atoms with Gasteiger partial charge in [0.15, 0.2) is 0 Å². The number of hydrogen-bond acceptors (Lipinski definition) is 6. The highest BCUT2D eigenvalue weighted by atomic mass is 32.2. The minimum atomic E-state index is -0.652. The zero-order chi connectivity index (χ0) is 24.0. The van der Waals surface area contributed by atoms with E-state index >= 15 is 0 Å². The van der Waals surface area contributed by atoms with Gasteiger partial charge in [-0.05, 0) is 61.1 Å². The maximum Gasteiger partial charge on any atom is 0.316 e. The molecule has 0 aromatic heterocycles. The molecular weight excluding hydrogens is 436 g/mol. The van der Waals surface area contributed by atoms with Crippen molar-refractivity contribution in [2.45, 2.75) is 70.0 Å². The Morgan fingerprint density at radius 1 is 1.33 bits per heavy atom. The molecule has 5 nitrogen and oxygen atoms in total. The van der Waals surface area contributed by atoms with Gasteiger partial charge in [-0.2, -0.15) is 0 Å². The number of esters is 1. The third kappa shape index (κ3) is 4.25. The largest absolute Gasteiger partial charge is 0.508 e. The van der Waals surface area contributed by atoms with Crippen LogP contribution in [0.5, 0.6) is 5.75 Å². The summed E-state index contributed by atoms with van der Waals surface area (Å²) in [6.45, 7) is 10.3. The van der Waals surface area contributed by atoms with Crippen LogP contribution in [0.1, 0.15) is 52.9 Å². The first-order chi connectivity index (χ1) is 15.6. The van der Waals surface area contributed by atoms with Crippen LogP contribution in [0.15, 0.2) is 41.8 Å². The summed E-state index contributed by atoms with van der Waals surface area (Å²) in [6, 6.07) is 6.79. The quantitative estimate of drug-likeness (QED) is 0.356. The van der Waals surface area contributed by atoms with E-state index in [0.29, 0.717) is 12.8 Å². The van der Waals surface area contributed by atoms with Gasteiger partial charge in [-0.25, -0.2) is 0 Å². The summed E-state index contributed by atoms with van der Waals surface area (Å²) < 4.78 is 6.14. The fourth-order valence-corrected chi connectivity index (χ4v) is 7.75. The summed E-state index contributed by atoms with van der Waals surface area (Å²) in [5.74, 6) is 0.233. The van der Waals surface area contributed by atoms with E-state index < -0.39 is 17.6 Å². The van der Waals surface area contributed by atoms with Crippen molar-refractivity contribution in [2.24, 2.45) is 34.5 Å². The topological polar surface area (TPSA) is 83.8 Å². The molecule has 4 rings (SSSR count). The number of aliphatic hydroxyl groups is 1. The number of ketones is 1. The van der Waals surface area contributed by atoms with Gasteiger partial charge in [0, 0.05) is 28.6 Å². The Hall–Kier alpha value is -1.79. The number of aromatic hydroxyl groups is 1. The van der Waals surface area contributed by atoms with Gasteiger partial charge < -0.3 is 14.9 Å². The van der Waals surface area contributed by atoms with E-state index in [2.05, 4.69) is 20.4 Å². The number of carbonyl (C=O) groups excluding carboxylic acids is 2. The summed E-state index contributed by atoms with van der Waals surface area (Å²) in [7, 11) is 0. The molecule has 0 heterocycles. The fraction of sp³-hybridized carbons (Fsp3) is 0.630. The summed E-state index contributed by atoms with van der Waals surface area (Å²) in [4.78, 5) is 27.0. The van der Waals surface area contributed by atoms with Crippen molar-refractivity contribution in [3.8, 4) is 5.75 Å². The minimum Gasteiger partial charge on any atom is -0.508 e. The van der Waals surface area contributed by atoms with Gasteiger partial charge in [0.1, 0.15) is 17.6 Å². The van der Waals surface area contributed by atoms with Crippen molar-refractivity contribution in [3.63, 3.8) is 0 Å².